The van der Waals surface area contributed by atoms with Crippen LogP contribution in [0.15, 0.2) is 22.7 Å². The van der Waals surface area contributed by atoms with Gasteiger partial charge in [-0.2, -0.15) is 0 Å². The molecule has 1 aliphatic heterocycles. The monoisotopic (exact) mass is 391 g/mol. The Balaban J connectivity index is 2.18. The van der Waals surface area contributed by atoms with Crippen LogP contribution in [-0.4, -0.2) is 49.0 Å². The van der Waals surface area contributed by atoms with Crippen molar-refractivity contribution < 1.29 is 14.3 Å². The summed E-state index contributed by atoms with van der Waals surface area (Å²) in [6.45, 7) is 1.79. The summed E-state index contributed by atoms with van der Waals surface area (Å²) in [4.78, 5) is 14.3. The highest BCUT2D eigenvalue weighted by Gasteiger charge is 2.25. The molecule has 2 rings (SSSR count). The molecule has 0 N–H and O–H groups in total. The Labute approximate surface area is 129 Å². The molecule has 1 heterocycles. The predicted octanol–water partition coefficient (Wildman–Crippen LogP) is 2.69. The fourth-order valence-electron chi connectivity index (χ4n) is 1.96. The van der Waals surface area contributed by atoms with E-state index in [9.17, 15) is 4.79 Å². The van der Waals surface area contributed by atoms with Crippen molar-refractivity contribution in [3.8, 4) is 5.75 Å². The van der Waals surface area contributed by atoms with Crippen LogP contribution in [0.3, 0.4) is 0 Å². The van der Waals surface area contributed by atoms with Gasteiger partial charge < -0.3 is 14.4 Å². The van der Waals surface area contributed by atoms with E-state index in [2.05, 4.69) is 31.9 Å². The van der Waals surface area contributed by atoms with Gasteiger partial charge in [0, 0.05) is 22.9 Å². The van der Waals surface area contributed by atoms with Crippen LogP contribution in [-0.2, 0) is 4.74 Å². The number of hydrogen-bond acceptors (Lipinski definition) is 3. The lowest BCUT2D eigenvalue weighted by Gasteiger charge is -2.32. The van der Waals surface area contributed by atoms with E-state index in [0.29, 0.717) is 31.0 Å². The van der Waals surface area contributed by atoms with Gasteiger partial charge >= 0.3 is 0 Å². The molecular weight excluding hydrogens is 378 g/mol. The molecule has 0 aromatic heterocycles. The second-order valence-electron chi connectivity index (χ2n) is 4.24. The van der Waals surface area contributed by atoms with E-state index >= 15 is 0 Å². The Hall–Kier alpha value is -0.590. The van der Waals surface area contributed by atoms with E-state index < -0.39 is 0 Å². The highest BCUT2D eigenvalue weighted by atomic mass is 79.9. The molecule has 1 aliphatic rings. The number of amides is 1. The minimum Gasteiger partial charge on any atom is -0.497 e. The second kappa shape index (κ2) is 6.72. The van der Waals surface area contributed by atoms with Gasteiger partial charge in [0.25, 0.3) is 5.91 Å². The molecule has 0 aliphatic carbocycles. The van der Waals surface area contributed by atoms with Crippen LogP contribution in [0.4, 0.5) is 0 Å². The Morgan fingerprint density at radius 1 is 1.58 bits per heavy atom. The van der Waals surface area contributed by atoms with Crippen LogP contribution in [0.5, 0.6) is 5.75 Å². The van der Waals surface area contributed by atoms with E-state index in [1.165, 1.54) is 0 Å². The largest absolute Gasteiger partial charge is 0.497 e. The molecule has 104 valence electrons. The molecule has 4 nitrogen and oxygen atoms in total. The number of morpholine rings is 1. The molecule has 0 bridgehead atoms. The zero-order valence-electron chi connectivity index (χ0n) is 10.6. The van der Waals surface area contributed by atoms with E-state index in [-0.39, 0.29) is 12.0 Å². The SMILES string of the molecule is COc1ccc(Br)c(C(=O)N2CCOC(CBr)C2)c1. The summed E-state index contributed by atoms with van der Waals surface area (Å²) < 4.78 is 11.5. The van der Waals surface area contributed by atoms with Crippen LogP contribution in [0.2, 0.25) is 0 Å². The zero-order chi connectivity index (χ0) is 13.8. The number of hydrogen-bond donors (Lipinski definition) is 0. The third-order valence-electron chi connectivity index (χ3n) is 3.00. The van der Waals surface area contributed by atoms with Crippen molar-refractivity contribution in [2.24, 2.45) is 0 Å². The quantitative estimate of drug-likeness (QED) is 0.742. The van der Waals surface area contributed by atoms with E-state index in [0.717, 1.165) is 9.80 Å². The molecule has 19 heavy (non-hydrogen) atoms. The van der Waals surface area contributed by atoms with Gasteiger partial charge in [-0.25, -0.2) is 0 Å². The lowest BCUT2D eigenvalue weighted by Crippen LogP contribution is -2.46. The molecule has 1 aromatic carbocycles. The van der Waals surface area contributed by atoms with Gasteiger partial charge in [0.1, 0.15) is 5.75 Å². The van der Waals surface area contributed by atoms with Crippen LogP contribution in [0.1, 0.15) is 10.4 Å². The van der Waals surface area contributed by atoms with Crippen LogP contribution in [0.25, 0.3) is 0 Å². The average molecular weight is 393 g/mol. The van der Waals surface area contributed by atoms with Gasteiger partial charge in [0.15, 0.2) is 0 Å². The van der Waals surface area contributed by atoms with Crippen molar-refractivity contribution in [1.29, 1.82) is 0 Å². The first-order chi connectivity index (χ1) is 9.15. The Morgan fingerprint density at radius 2 is 2.37 bits per heavy atom. The molecule has 1 saturated heterocycles. The standard InChI is InChI=1S/C13H15Br2NO3/c1-18-9-2-3-12(15)11(6-9)13(17)16-4-5-19-10(7-14)8-16/h2-3,6,10H,4-5,7-8H2,1H3. The summed E-state index contributed by atoms with van der Waals surface area (Å²) >= 11 is 6.80. The number of carbonyl (C=O) groups is 1. The topological polar surface area (TPSA) is 38.8 Å². The maximum Gasteiger partial charge on any atom is 0.255 e. The molecule has 1 amide bonds. The number of halogens is 2. The Bertz CT molecular complexity index is 467. The molecular formula is C13H15Br2NO3. The smallest absolute Gasteiger partial charge is 0.255 e. The molecule has 0 radical (unpaired) electrons. The van der Waals surface area contributed by atoms with Crippen LogP contribution >= 0.6 is 31.9 Å². The van der Waals surface area contributed by atoms with Gasteiger partial charge in [-0.15, -0.1) is 0 Å². The number of ether oxygens (including phenoxy) is 2. The highest BCUT2D eigenvalue weighted by molar-refractivity contribution is 9.10. The third kappa shape index (κ3) is 3.49. The fourth-order valence-corrected chi connectivity index (χ4v) is 2.77. The van der Waals surface area contributed by atoms with Gasteiger partial charge in [0.2, 0.25) is 0 Å². The number of nitrogens with zero attached hydrogens (tertiary/aromatic N) is 1. The van der Waals surface area contributed by atoms with Crippen molar-refractivity contribution in [3.05, 3.63) is 28.2 Å². The minimum absolute atomic E-state index is 0.0000231. The highest BCUT2D eigenvalue weighted by Crippen LogP contribution is 2.24. The third-order valence-corrected chi connectivity index (χ3v) is 4.42. The molecule has 0 saturated carbocycles. The minimum atomic E-state index is 0.0000231. The molecule has 0 spiro atoms. The first-order valence-corrected chi connectivity index (χ1v) is 7.87. The molecule has 1 atom stereocenters. The predicted molar refractivity (Wildman–Crippen MR) is 80.1 cm³/mol. The van der Waals surface area contributed by atoms with Crippen molar-refractivity contribution in [2.75, 3.05) is 32.1 Å². The number of alkyl halides is 1. The number of benzene rings is 1. The first-order valence-electron chi connectivity index (χ1n) is 5.96. The maximum absolute atomic E-state index is 12.5. The molecule has 1 aromatic rings. The van der Waals surface area contributed by atoms with E-state index in [1.807, 2.05) is 17.0 Å². The summed E-state index contributed by atoms with van der Waals surface area (Å²) in [6, 6.07) is 5.40. The second-order valence-corrected chi connectivity index (χ2v) is 5.75. The molecule has 6 heteroatoms. The average Bonchev–Trinajstić information content (AvgIpc) is 2.47. The number of rotatable bonds is 3. The summed E-state index contributed by atoms with van der Waals surface area (Å²) in [6.07, 6.45) is 0.0575. The molecule has 1 unspecified atom stereocenters. The van der Waals surface area contributed by atoms with E-state index in [1.54, 1.807) is 13.2 Å². The van der Waals surface area contributed by atoms with Gasteiger partial charge in [-0.3, -0.25) is 4.79 Å². The summed E-state index contributed by atoms with van der Waals surface area (Å²) in [5, 5.41) is 0.732. The van der Waals surface area contributed by atoms with Crippen LogP contribution < -0.4 is 4.74 Å². The maximum atomic E-state index is 12.5. The van der Waals surface area contributed by atoms with Crippen molar-refractivity contribution >= 4 is 37.8 Å². The Morgan fingerprint density at radius 3 is 3.05 bits per heavy atom. The normalized spacial score (nSPS) is 19.3. The van der Waals surface area contributed by atoms with Crippen molar-refractivity contribution in [2.45, 2.75) is 6.10 Å². The van der Waals surface area contributed by atoms with Gasteiger partial charge in [-0.1, -0.05) is 15.9 Å². The first kappa shape index (κ1) is 14.8. The lowest BCUT2D eigenvalue weighted by molar-refractivity contribution is -0.00969. The summed E-state index contributed by atoms with van der Waals surface area (Å²) in [5.74, 6) is 0.678. The van der Waals surface area contributed by atoms with Crippen molar-refractivity contribution in [3.63, 3.8) is 0 Å². The zero-order valence-corrected chi connectivity index (χ0v) is 13.7. The summed E-state index contributed by atoms with van der Waals surface area (Å²) in [5.41, 5.74) is 0.620. The Kier molecular flexibility index (Phi) is 5.24. The number of carbonyl (C=O) groups excluding carboxylic acids is 1. The summed E-state index contributed by atoms with van der Waals surface area (Å²) in [7, 11) is 1.59. The van der Waals surface area contributed by atoms with Crippen molar-refractivity contribution in [1.82, 2.24) is 4.90 Å². The van der Waals surface area contributed by atoms with Gasteiger partial charge in [0.05, 0.1) is 25.4 Å². The van der Waals surface area contributed by atoms with Crippen LogP contribution in [0, 0.1) is 0 Å². The number of methoxy groups -OCH3 is 1. The lowest BCUT2D eigenvalue weighted by atomic mass is 10.1. The molecule has 1 fully saturated rings. The fraction of sp³-hybridized carbons (Fsp3) is 0.462. The van der Waals surface area contributed by atoms with E-state index in [4.69, 9.17) is 9.47 Å². The van der Waals surface area contributed by atoms with Gasteiger partial charge in [-0.05, 0) is 34.1 Å².